The maximum Gasteiger partial charge on any atom is 0.254 e. The Morgan fingerprint density at radius 1 is 1.40 bits per heavy atom. The molecule has 20 heavy (non-hydrogen) atoms. The summed E-state index contributed by atoms with van der Waals surface area (Å²) in [5, 5.41) is 2.64. The molecule has 2 rings (SSSR count). The van der Waals surface area contributed by atoms with E-state index in [1.807, 2.05) is 24.3 Å². The Hall–Kier alpha value is -1.99. The van der Waals surface area contributed by atoms with Crippen LogP contribution in [0.3, 0.4) is 0 Å². The maximum atomic E-state index is 13.8. The molecular formula is C13H12BrFN4O. The molecule has 0 radical (unpaired) electrons. The number of amides is 1. The van der Waals surface area contributed by atoms with Gasteiger partial charge >= 0.3 is 0 Å². The van der Waals surface area contributed by atoms with Gasteiger partial charge in [0, 0.05) is 17.2 Å². The standard InChI is InChI=1S/C13H12BrFN4O/c14-9-3-1-2-8(6-9)7-18-13(20)10-4-5-17-12(19-16)11(10)15/h1-6H,7,16H2,(H,17,19)(H,18,20). The third-order valence-electron chi connectivity index (χ3n) is 2.61. The number of anilines is 1. The lowest BCUT2D eigenvalue weighted by molar-refractivity contribution is 0.0947. The molecule has 4 N–H and O–H groups in total. The summed E-state index contributed by atoms with van der Waals surface area (Å²) in [4.78, 5) is 15.6. The van der Waals surface area contributed by atoms with Gasteiger partial charge in [-0.25, -0.2) is 15.2 Å². The second-order valence-corrected chi connectivity index (χ2v) is 4.89. The molecule has 0 aliphatic heterocycles. The number of nitrogens with two attached hydrogens (primary N) is 1. The molecule has 0 aliphatic rings. The van der Waals surface area contributed by atoms with Crippen LogP contribution in [0.2, 0.25) is 0 Å². The lowest BCUT2D eigenvalue weighted by Crippen LogP contribution is -2.24. The molecule has 1 heterocycles. The Morgan fingerprint density at radius 3 is 2.90 bits per heavy atom. The smallest absolute Gasteiger partial charge is 0.254 e. The molecule has 0 atom stereocenters. The molecule has 0 saturated carbocycles. The van der Waals surface area contributed by atoms with Crippen molar-refractivity contribution in [2.75, 3.05) is 5.43 Å². The first-order chi connectivity index (χ1) is 9.61. The van der Waals surface area contributed by atoms with Gasteiger partial charge in [-0.1, -0.05) is 28.1 Å². The highest BCUT2D eigenvalue weighted by molar-refractivity contribution is 9.10. The molecular weight excluding hydrogens is 327 g/mol. The van der Waals surface area contributed by atoms with E-state index in [0.717, 1.165) is 10.0 Å². The Morgan fingerprint density at radius 2 is 2.20 bits per heavy atom. The van der Waals surface area contributed by atoms with Crippen LogP contribution in [-0.2, 0) is 6.54 Å². The number of nitrogens with one attached hydrogen (secondary N) is 2. The van der Waals surface area contributed by atoms with Crippen LogP contribution in [-0.4, -0.2) is 10.9 Å². The monoisotopic (exact) mass is 338 g/mol. The summed E-state index contributed by atoms with van der Waals surface area (Å²) in [6.45, 7) is 0.297. The van der Waals surface area contributed by atoms with E-state index >= 15 is 0 Å². The second kappa shape index (κ2) is 6.44. The number of hydrogen-bond donors (Lipinski definition) is 3. The van der Waals surface area contributed by atoms with Gasteiger partial charge in [-0.3, -0.25) is 4.79 Å². The van der Waals surface area contributed by atoms with Crippen molar-refractivity contribution in [2.24, 2.45) is 5.84 Å². The van der Waals surface area contributed by atoms with Gasteiger partial charge in [0.1, 0.15) is 0 Å². The van der Waals surface area contributed by atoms with Crippen LogP contribution in [0.25, 0.3) is 0 Å². The van der Waals surface area contributed by atoms with Crippen molar-refractivity contribution < 1.29 is 9.18 Å². The molecule has 0 spiro atoms. The molecule has 0 unspecified atom stereocenters. The van der Waals surface area contributed by atoms with Crippen LogP contribution >= 0.6 is 15.9 Å². The fourth-order valence-electron chi connectivity index (χ4n) is 1.64. The van der Waals surface area contributed by atoms with Gasteiger partial charge in [-0.15, -0.1) is 0 Å². The van der Waals surface area contributed by atoms with Crippen LogP contribution in [0, 0.1) is 5.82 Å². The summed E-state index contributed by atoms with van der Waals surface area (Å²) in [7, 11) is 0. The van der Waals surface area contributed by atoms with Gasteiger partial charge in [-0.05, 0) is 23.8 Å². The quantitative estimate of drug-likeness (QED) is 0.589. The average molecular weight is 339 g/mol. The fourth-order valence-corrected chi connectivity index (χ4v) is 2.09. The molecule has 0 fully saturated rings. The van der Waals surface area contributed by atoms with Crippen LogP contribution in [0.15, 0.2) is 41.0 Å². The van der Waals surface area contributed by atoms with Crippen LogP contribution in [0.1, 0.15) is 15.9 Å². The van der Waals surface area contributed by atoms with Gasteiger partial charge in [-0.2, -0.15) is 0 Å². The van der Waals surface area contributed by atoms with Crippen LogP contribution in [0.4, 0.5) is 10.2 Å². The zero-order chi connectivity index (χ0) is 14.5. The van der Waals surface area contributed by atoms with Crippen molar-refractivity contribution in [3.63, 3.8) is 0 Å². The maximum absolute atomic E-state index is 13.8. The van der Waals surface area contributed by atoms with Crippen molar-refractivity contribution >= 4 is 27.7 Å². The predicted octanol–water partition coefficient (Wildman–Crippen LogP) is 2.20. The van der Waals surface area contributed by atoms with Gasteiger partial charge in [0.25, 0.3) is 5.91 Å². The second-order valence-electron chi connectivity index (χ2n) is 3.98. The number of rotatable bonds is 4. The average Bonchev–Trinajstić information content (AvgIpc) is 2.45. The first-order valence-electron chi connectivity index (χ1n) is 5.75. The number of halogens is 2. The number of benzene rings is 1. The van der Waals surface area contributed by atoms with E-state index < -0.39 is 11.7 Å². The number of carbonyl (C=O) groups is 1. The molecule has 2 aromatic rings. The summed E-state index contributed by atoms with van der Waals surface area (Å²) in [6, 6.07) is 8.77. The lowest BCUT2D eigenvalue weighted by atomic mass is 10.2. The van der Waals surface area contributed by atoms with E-state index in [4.69, 9.17) is 5.84 Å². The lowest BCUT2D eigenvalue weighted by Gasteiger charge is -2.08. The van der Waals surface area contributed by atoms with E-state index in [9.17, 15) is 9.18 Å². The van der Waals surface area contributed by atoms with Gasteiger partial charge in [0.2, 0.25) is 0 Å². The minimum Gasteiger partial charge on any atom is -0.348 e. The minimum absolute atomic E-state index is 0.108. The summed E-state index contributed by atoms with van der Waals surface area (Å²) < 4.78 is 14.8. The molecule has 104 valence electrons. The number of aromatic nitrogens is 1. The van der Waals surface area contributed by atoms with Gasteiger partial charge < -0.3 is 10.7 Å². The third kappa shape index (κ3) is 3.31. The molecule has 0 bridgehead atoms. The van der Waals surface area contributed by atoms with Crippen LogP contribution < -0.4 is 16.6 Å². The summed E-state index contributed by atoms with van der Waals surface area (Å²) in [5.41, 5.74) is 2.89. The van der Waals surface area contributed by atoms with Crippen molar-refractivity contribution in [3.05, 3.63) is 57.9 Å². The zero-order valence-corrected chi connectivity index (χ0v) is 11.9. The number of carbonyl (C=O) groups excluding carboxylic acids is 1. The highest BCUT2D eigenvalue weighted by Crippen LogP contribution is 2.15. The van der Waals surface area contributed by atoms with Crippen LogP contribution in [0.5, 0.6) is 0 Å². The van der Waals surface area contributed by atoms with E-state index in [1.165, 1.54) is 12.3 Å². The molecule has 0 aliphatic carbocycles. The predicted molar refractivity (Wildman–Crippen MR) is 77.3 cm³/mol. The highest BCUT2D eigenvalue weighted by atomic mass is 79.9. The summed E-state index contributed by atoms with van der Waals surface area (Å²) >= 11 is 3.34. The molecule has 7 heteroatoms. The molecule has 0 saturated heterocycles. The Kier molecular flexibility index (Phi) is 4.65. The topological polar surface area (TPSA) is 80.0 Å². The summed E-state index contributed by atoms with van der Waals surface area (Å²) in [5.74, 6) is 3.64. The number of pyridine rings is 1. The number of hydrogen-bond acceptors (Lipinski definition) is 4. The minimum atomic E-state index is -0.776. The van der Waals surface area contributed by atoms with Crippen molar-refractivity contribution in [2.45, 2.75) is 6.54 Å². The Bertz CT molecular complexity index is 636. The van der Waals surface area contributed by atoms with E-state index in [-0.39, 0.29) is 11.4 Å². The van der Waals surface area contributed by atoms with Gasteiger partial charge in [0.05, 0.1) is 5.56 Å². The van der Waals surface area contributed by atoms with Crippen molar-refractivity contribution in [1.82, 2.24) is 10.3 Å². The zero-order valence-electron chi connectivity index (χ0n) is 10.4. The van der Waals surface area contributed by atoms with Crippen molar-refractivity contribution in [1.29, 1.82) is 0 Å². The molecule has 5 nitrogen and oxygen atoms in total. The van der Waals surface area contributed by atoms with Gasteiger partial charge in [0.15, 0.2) is 11.6 Å². The molecule has 1 aromatic carbocycles. The normalized spacial score (nSPS) is 10.2. The van der Waals surface area contributed by atoms with E-state index in [1.54, 1.807) is 0 Å². The largest absolute Gasteiger partial charge is 0.348 e. The molecule has 1 amide bonds. The highest BCUT2D eigenvalue weighted by Gasteiger charge is 2.15. The number of nitrogens with zero attached hydrogens (tertiary/aromatic N) is 1. The van der Waals surface area contributed by atoms with E-state index in [2.05, 4.69) is 31.7 Å². The Balaban J connectivity index is 2.09. The number of hydrazine groups is 1. The summed E-state index contributed by atoms with van der Waals surface area (Å²) in [6.07, 6.45) is 1.31. The SMILES string of the molecule is NNc1nccc(C(=O)NCc2cccc(Br)c2)c1F. The number of nitrogen functional groups attached to an aromatic ring is 1. The first kappa shape index (κ1) is 14.4. The fraction of sp³-hybridized carbons (Fsp3) is 0.0769. The molecule has 1 aromatic heterocycles. The van der Waals surface area contributed by atoms with E-state index in [0.29, 0.717) is 6.54 Å². The van der Waals surface area contributed by atoms with Crippen molar-refractivity contribution in [3.8, 4) is 0 Å². The third-order valence-corrected chi connectivity index (χ3v) is 3.11. The Labute approximate surface area is 123 Å². The first-order valence-corrected chi connectivity index (χ1v) is 6.55.